The number of aryl methyl sites for hydroxylation is 3. The predicted octanol–water partition coefficient (Wildman–Crippen LogP) is 2.76. The molecular formula is C13H20N4OS. The fraction of sp³-hybridized carbons (Fsp3) is 0.538. The molecule has 0 aliphatic rings. The molecule has 0 unspecified atom stereocenters. The number of hydrogen-bond donors (Lipinski definition) is 1. The molecule has 1 N–H and O–H groups in total. The van der Waals surface area contributed by atoms with Crippen LogP contribution in [0.2, 0.25) is 0 Å². The fourth-order valence-electron chi connectivity index (χ4n) is 2.05. The fourth-order valence-corrected chi connectivity index (χ4v) is 2.96. The first-order valence-corrected chi connectivity index (χ1v) is 7.22. The zero-order valence-corrected chi connectivity index (χ0v) is 12.7. The quantitative estimate of drug-likeness (QED) is 0.884. The molecule has 2 heterocycles. The molecule has 0 aromatic carbocycles. The van der Waals surface area contributed by atoms with Crippen LogP contribution in [0, 0.1) is 6.92 Å². The lowest BCUT2D eigenvalue weighted by atomic mass is 10.2. The maximum absolute atomic E-state index is 5.37. The Morgan fingerprint density at radius 2 is 2.26 bits per heavy atom. The van der Waals surface area contributed by atoms with Crippen molar-refractivity contribution in [1.29, 1.82) is 0 Å². The Bertz CT molecular complexity index is 547. The van der Waals surface area contributed by atoms with E-state index in [4.69, 9.17) is 4.74 Å². The summed E-state index contributed by atoms with van der Waals surface area (Å²) < 4.78 is 7.13. The van der Waals surface area contributed by atoms with Gasteiger partial charge in [-0.25, -0.2) is 9.67 Å². The summed E-state index contributed by atoms with van der Waals surface area (Å²) in [6.45, 7) is 4.85. The molecule has 6 heteroatoms. The third-order valence-electron chi connectivity index (χ3n) is 2.95. The topological polar surface area (TPSA) is 52.0 Å². The summed E-state index contributed by atoms with van der Waals surface area (Å²) in [6.07, 6.45) is 4.19. The van der Waals surface area contributed by atoms with Gasteiger partial charge in [0.25, 0.3) is 0 Å². The molecule has 0 spiro atoms. The third kappa shape index (κ3) is 3.07. The lowest BCUT2D eigenvalue weighted by Gasteiger charge is -2.05. The Morgan fingerprint density at radius 3 is 2.95 bits per heavy atom. The van der Waals surface area contributed by atoms with Crippen LogP contribution in [0.1, 0.15) is 29.5 Å². The SMILES string of the molecule is CCCc1cnc(NCc2c(C)nn(C)c2OC)s1. The molecule has 0 atom stereocenters. The van der Waals surface area contributed by atoms with Crippen LogP contribution in [-0.2, 0) is 20.0 Å². The van der Waals surface area contributed by atoms with Gasteiger partial charge in [-0.3, -0.25) is 0 Å². The summed E-state index contributed by atoms with van der Waals surface area (Å²) in [4.78, 5) is 5.70. The molecule has 0 amide bonds. The van der Waals surface area contributed by atoms with Gasteiger partial charge in [0.05, 0.1) is 18.4 Å². The Labute approximate surface area is 117 Å². The van der Waals surface area contributed by atoms with Crippen LogP contribution in [0.5, 0.6) is 5.88 Å². The highest BCUT2D eigenvalue weighted by molar-refractivity contribution is 7.15. The van der Waals surface area contributed by atoms with Gasteiger partial charge in [-0.1, -0.05) is 13.3 Å². The smallest absolute Gasteiger partial charge is 0.216 e. The molecule has 2 aromatic heterocycles. The van der Waals surface area contributed by atoms with Crippen LogP contribution in [-0.4, -0.2) is 21.9 Å². The van der Waals surface area contributed by atoms with Crippen LogP contribution in [0.15, 0.2) is 6.20 Å². The minimum absolute atomic E-state index is 0.682. The Morgan fingerprint density at radius 1 is 1.47 bits per heavy atom. The van der Waals surface area contributed by atoms with Crippen LogP contribution in [0.3, 0.4) is 0 Å². The maximum Gasteiger partial charge on any atom is 0.216 e. The van der Waals surface area contributed by atoms with Crippen molar-refractivity contribution >= 4 is 16.5 Å². The van der Waals surface area contributed by atoms with Gasteiger partial charge in [0.1, 0.15) is 0 Å². The second-order valence-electron chi connectivity index (χ2n) is 4.43. The summed E-state index contributed by atoms with van der Waals surface area (Å²) in [5, 5.41) is 8.66. The second-order valence-corrected chi connectivity index (χ2v) is 5.55. The summed E-state index contributed by atoms with van der Waals surface area (Å²) in [6, 6.07) is 0. The van der Waals surface area contributed by atoms with Crippen molar-refractivity contribution in [1.82, 2.24) is 14.8 Å². The first kappa shape index (κ1) is 13.9. The zero-order valence-electron chi connectivity index (χ0n) is 11.9. The van der Waals surface area contributed by atoms with Gasteiger partial charge < -0.3 is 10.1 Å². The van der Waals surface area contributed by atoms with Crippen LogP contribution in [0.25, 0.3) is 0 Å². The lowest BCUT2D eigenvalue weighted by molar-refractivity contribution is 0.370. The van der Waals surface area contributed by atoms with Gasteiger partial charge >= 0.3 is 0 Å². The molecule has 2 aromatic rings. The minimum atomic E-state index is 0.682. The number of nitrogens with one attached hydrogen (secondary N) is 1. The summed E-state index contributed by atoms with van der Waals surface area (Å²) >= 11 is 1.71. The largest absolute Gasteiger partial charge is 0.481 e. The molecule has 0 saturated heterocycles. The van der Waals surface area contributed by atoms with Gasteiger partial charge in [0.15, 0.2) is 5.13 Å². The first-order chi connectivity index (χ1) is 9.15. The van der Waals surface area contributed by atoms with Crippen molar-refractivity contribution in [2.24, 2.45) is 7.05 Å². The average Bonchev–Trinajstić information content (AvgIpc) is 2.92. The Hall–Kier alpha value is -1.56. The van der Waals surface area contributed by atoms with Crippen molar-refractivity contribution in [3.63, 3.8) is 0 Å². The number of hydrogen-bond acceptors (Lipinski definition) is 5. The van der Waals surface area contributed by atoms with Crippen molar-refractivity contribution in [2.45, 2.75) is 33.2 Å². The van der Waals surface area contributed by atoms with E-state index in [1.807, 2.05) is 20.2 Å². The number of methoxy groups -OCH3 is 1. The molecule has 0 fully saturated rings. The number of anilines is 1. The lowest BCUT2D eigenvalue weighted by Crippen LogP contribution is -2.02. The molecule has 0 radical (unpaired) electrons. The molecule has 0 aliphatic heterocycles. The molecule has 104 valence electrons. The number of aromatic nitrogens is 3. The molecular weight excluding hydrogens is 260 g/mol. The maximum atomic E-state index is 5.37. The van der Waals surface area contributed by atoms with Crippen molar-refractivity contribution in [2.75, 3.05) is 12.4 Å². The highest BCUT2D eigenvalue weighted by Crippen LogP contribution is 2.24. The second kappa shape index (κ2) is 6.06. The first-order valence-electron chi connectivity index (χ1n) is 6.40. The van der Waals surface area contributed by atoms with Crippen LogP contribution < -0.4 is 10.1 Å². The summed E-state index contributed by atoms with van der Waals surface area (Å²) in [5.74, 6) is 0.801. The standard InChI is InChI=1S/C13H20N4OS/c1-5-6-10-7-14-13(19-10)15-8-11-9(2)16-17(3)12(11)18-4/h7H,5-6,8H2,1-4H3,(H,14,15). The molecule has 2 rings (SSSR count). The van der Waals surface area contributed by atoms with E-state index in [-0.39, 0.29) is 0 Å². The van der Waals surface area contributed by atoms with E-state index in [9.17, 15) is 0 Å². The van der Waals surface area contributed by atoms with E-state index in [0.29, 0.717) is 6.54 Å². The predicted molar refractivity (Wildman–Crippen MR) is 77.9 cm³/mol. The van der Waals surface area contributed by atoms with E-state index < -0.39 is 0 Å². The van der Waals surface area contributed by atoms with E-state index in [2.05, 4.69) is 22.3 Å². The zero-order chi connectivity index (χ0) is 13.8. The highest BCUT2D eigenvalue weighted by Gasteiger charge is 2.13. The number of rotatable bonds is 6. The van der Waals surface area contributed by atoms with Crippen molar-refractivity contribution in [3.05, 3.63) is 22.3 Å². The monoisotopic (exact) mass is 280 g/mol. The average molecular weight is 280 g/mol. The van der Waals surface area contributed by atoms with Gasteiger partial charge in [-0.05, 0) is 13.3 Å². The van der Waals surface area contributed by atoms with Crippen molar-refractivity contribution in [3.8, 4) is 5.88 Å². The van der Waals surface area contributed by atoms with E-state index in [1.165, 1.54) is 4.88 Å². The van der Waals surface area contributed by atoms with Crippen LogP contribution >= 0.6 is 11.3 Å². The van der Waals surface area contributed by atoms with E-state index >= 15 is 0 Å². The Balaban J connectivity index is 2.05. The van der Waals surface area contributed by atoms with E-state index in [0.717, 1.165) is 35.1 Å². The summed E-state index contributed by atoms with van der Waals surface area (Å²) in [7, 11) is 3.56. The number of ether oxygens (including phenoxy) is 1. The molecule has 0 saturated carbocycles. The number of thiazole rings is 1. The normalized spacial score (nSPS) is 10.7. The molecule has 19 heavy (non-hydrogen) atoms. The van der Waals surface area contributed by atoms with Gasteiger partial charge in [-0.2, -0.15) is 5.10 Å². The van der Waals surface area contributed by atoms with Crippen molar-refractivity contribution < 1.29 is 4.74 Å². The molecule has 0 aliphatic carbocycles. The summed E-state index contributed by atoms with van der Waals surface area (Å²) in [5.41, 5.74) is 2.06. The minimum Gasteiger partial charge on any atom is -0.481 e. The van der Waals surface area contributed by atoms with Gasteiger partial charge in [-0.15, -0.1) is 11.3 Å². The molecule has 0 bridgehead atoms. The van der Waals surface area contributed by atoms with Gasteiger partial charge in [0.2, 0.25) is 5.88 Å². The highest BCUT2D eigenvalue weighted by atomic mass is 32.1. The third-order valence-corrected chi connectivity index (χ3v) is 3.96. The molecule has 5 nitrogen and oxygen atoms in total. The van der Waals surface area contributed by atoms with Gasteiger partial charge in [0, 0.05) is 24.7 Å². The van der Waals surface area contributed by atoms with E-state index in [1.54, 1.807) is 23.1 Å². The number of nitrogens with zero attached hydrogens (tertiary/aromatic N) is 3. The Kier molecular flexibility index (Phi) is 4.42. The van der Waals surface area contributed by atoms with Crippen LogP contribution in [0.4, 0.5) is 5.13 Å².